The molecule has 1 fully saturated rings. The number of nitrogens with two attached hydrogens (primary N) is 1. The van der Waals surface area contributed by atoms with E-state index in [4.69, 9.17) is 10.5 Å². The molecule has 0 radical (unpaired) electrons. The summed E-state index contributed by atoms with van der Waals surface area (Å²) in [5.41, 5.74) is 7.37. The molecule has 0 spiro atoms. The maximum atomic E-state index is 11.0. The van der Waals surface area contributed by atoms with E-state index in [0.717, 1.165) is 31.0 Å². The van der Waals surface area contributed by atoms with E-state index >= 15 is 0 Å². The van der Waals surface area contributed by atoms with E-state index in [-0.39, 0.29) is 17.7 Å². The fraction of sp³-hybridized carbons (Fsp3) is 0.462. The van der Waals surface area contributed by atoms with Gasteiger partial charge in [0.25, 0.3) is 0 Å². The number of anilines is 1. The minimum atomic E-state index is -0.308. The molecule has 3 N–H and O–H groups in total. The summed E-state index contributed by atoms with van der Waals surface area (Å²) in [6, 6.07) is 7.76. The number of para-hydroxylation sites is 1. The molecule has 1 aromatic rings. The van der Waals surface area contributed by atoms with Gasteiger partial charge in [0.1, 0.15) is 0 Å². The Bertz CT molecular complexity index is 414. The first-order valence-electron chi connectivity index (χ1n) is 5.77. The SMILES string of the molecule is CC1(CNc2ccccc2CC(N)=O)COC1. The van der Waals surface area contributed by atoms with E-state index in [1.165, 1.54) is 0 Å². The Morgan fingerprint density at radius 2 is 2.18 bits per heavy atom. The average Bonchev–Trinajstić information content (AvgIpc) is 2.25. The second-order valence-electron chi connectivity index (χ2n) is 4.96. The predicted octanol–water partition coefficient (Wildman–Crippen LogP) is 1.16. The second-order valence-corrected chi connectivity index (χ2v) is 4.96. The topological polar surface area (TPSA) is 64.3 Å². The summed E-state index contributed by atoms with van der Waals surface area (Å²) in [5, 5.41) is 3.37. The quantitative estimate of drug-likeness (QED) is 0.803. The molecule has 0 saturated carbocycles. The van der Waals surface area contributed by atoms with Crippen molar-refractivity contribution in [2.45, 2.75) is 13.3 Å². The molecular formula is C13H18N2O2. The molecule has 17 heavy (non-hydrogen) atoms. The van der Waals surface area contributed by atoms with Crippen LogP contribution in [0.15, 0.2) is 24.3 Å². The van der Waals surface area contributed by atoms with Crippen molar-refractivity contribution >= 4 is 11.6 Å². The minimum absolute atomic E-state index is 0.208. The zero-order valence-corrected chi connectivity index (χ0v) is 10.0. The van der Waals surface area contributed by atoms with Crippen LogP contribution in [0.4, 0.5) is 5.69 Å². The van der Waals surface area contributed by atoms with Gasteiger partial charge in [0.2, 0.25) is 5.91 Å². The van der Waals surface area contributed by atoms with Crippen LogP contribution in [0.25, 0.3) is 0 Å². The lowest BCUT2D eigenvalue weighted by Gasteiger charge is -2.38. The van der Waals surface area contributed by atoms with E-state index < -0.39 is 0 Å². The number of benzene rings is 1. The largest absolute Gasteiger partial charge is 0.384 e. The number of nitrogens with one attached hydrogen (secondary N) is 1. The number of amides is 1. The molecule has 4 heteroatoms. The zero-order chi connectivity index (χ0) is 12.3. The maximum absolute atomic E-state index is 11.0. The molecule has 2 rings (SSSR count). The van der Waals surface area contributed by atoms with Gasteiger partial charge in [-0.1, -0.05) is 25.1 Å². The van der Waals surface area contributed by atoms with Crippen molar-refractivity contribution in [3.05, 3.63) is 29.8 Å². The molecule has 4 nitrogen and oxygen atoms in total. The number of ether oxygens (including phenoxy) is 1. The van der Waals surface area contributed by atoms with Crippen LogP contribution in [0, 0.1) is 5.41 Å². The first-order valence-corrected chi connectivity index (χ1v) is 5.77. The van der Waals surface area contributed by atoms with Crippen LogP contribution in [0.1, 0.15) is 12.5 Å². The Balaban J connectivity index is 2.01. The molecule has 0 aliphatic carbocycles. The predicted molar refractivity (Wildman–Crippen MR) is 66.8 cm³/mol. The van der Waals surface area contributed by atoms with Crippen molar-refractivity contribution in [1.29, 1.82) is 0 Å². The van der Waals surface area contributed by atoms with Crippen molar-refractivity contribution in [1.82, 2.24) is 0 Å². The number of carbonyl (C=O) groups is 1. The normalized spacial score (nSPS) is 17.2. The second kappa shape index (κ2) is 4.75. The Kier molecular flexibility index (Phi) is 3.33. The fourth-order valence-corrected chi connectivity index (χ4v) is 1.90. The van der Waals surface area contributed by atoms with Crippen molar-refractivity contribution in [2.75, 3.05) is 25.1 Å². The number of primary amides is 1. The molecule has 1 aromatic carbocycles. The summed E-state index contributed by atoms with van der Waals surface area (Å²) in [7, 11) is 0. The van der Waals surface area contributed by atoms with Gasteiger partial charge in [-0.3, -0.25) is 4.79 Å². The van der Waals surface area contributed by atoms with Crippen LogP contribution in [-0.2, 0) is 16.0 Å². The van der Waals surface area contributed by atoms with Crippen LogP contribution < -0.4 is 11.1 Å². The van der Waals surface area contributed by atoms with Gasteiger partial charge in [-0.05, 0) is 11.6 Å². The highest BCUT2D eigenvalue weighted by Crippen LogP contribution is 2.27. The highest BCUT2D eigenvalue weighted by molar-refractivity contribution is 5.78. The van der Waals surface area contributed by atoms with Gasteiger partial charge in [-0.2, -0.15) is 0 Å². The highest BCUT2D eigenvalue weighted by atomic mass is 16.5. The molecule has 92 valence electrons. The third-order valence-electron chi connectivity index (χ3n) is 2.99. The van der Waals surface area contributed by atoms with E-state index in [1.807, 2.05) is 24.3 Å². The van der Waals surface area contributed by atoms with Gasteiger partial charge >= 0.3 is 0 Å². The van der Waals surface area contributed by atoms with Crippen molar-refractivity contribution in [2.24, 2.45) is 11.1 Å². The van der Waals surface area contributed by atoms with Crippen LogP contribution in [0.5, 0.6) is 0 Å². The summed E-state index contributed by atoms with van der Waals surface area (Å²) < 4.78 is 5.21. The van der Waals surface area contributed by atoms with Gasteiger partial charge in [-0.15, -0.1) is 0 Å². The molecule has 1 aliphatic rings. The molecule has 1 amide bonds. The molecule has 1 saturated heterocycles. The fourth-order valence-electron chi connectivity index (χ4n) is 1.90. The third-order valence-corrected chi connectivity index (χ3v) is 2.99. The lowest BCUT2D eigenvalue weighted by Crippen LogP contribution is -2.45. The molecule has 0 aromatic heterocycles. The zero-order valence-electron chi connectivity index (χ0n) is 10.0. The highest BCUT2D eigenvalue weighted by Gasteiger charge is 2.33. The minimum Gasteiger partial charge on any atom is -0.384 e. The monoisotopic (exact) mass is 234 g/mol. The standard InChI is InChI=1S/C13H18N2O2/c1-13(8-17-9-13)7-15-11-5-3-2-4-10(11)6-12(14)16/h2-5,15H,6-9H2,1H3,(H2,14,16). The van der Waals surface area contributed by atoms with E-state index in [1.54, 1.807) is 0 Å². The summed E-state index contributed by atoms with van der Waals surface area (Å²) in [6.45, 7) is 4.61. The van der Waals surface area contributed by atoms with Gasteiger partial charge in [0.05, 0.1) is 19.6 Å². The molecule has 1 aliphatic heterocycles. The van der Waals surface area contributed by atoms with E-state index in [2.05, 4.69) is 12.2 Å². The molecule has 0 bridgehead atoms. The first kappa shape index (κ1) is 11.9. The van der Waals surface area contributed by atoms with E-state index in [9.17, 15) is 4.79 Å². The summed E-state index contributed by atoms with van der Waals surface area (Å²) in [6.07, 6.45) is 0.274. The van der Waals surface area contributed by atoms with Crippen LogP contribution in [-0.4, -0.2) is 25.7 Å². The summed E-state index contributed by atoms with van der Waals surface area (Å²) in [4.78, 5) is 11.0. The van der Waals surface area contributed by atoms with Gasteiger partial charge in [-0.25, -0.2) is 0 Å². The number of rotatable bonds is 5. The van der Waals surface area contributed by atoms with Gasteiger partial charge in [0.15, 0.2) is 0 Å². The van der Waals surface area contributed by atoms with Crippen molar-refractivity contribution in [3.8, 4) is 0 Å². The lowest BCUT2D eigenvalue weighted by atomic mass is 9.88. The Labute approximate surface area is 101 Å². The van der Waals surface area contributed by atoms with Gasteiger partial charge < -0.3 is 15.8 Å². The van der Waals surface area contributed by atoms with Crippen LogP contribution in [0.3, 0.4) is 0 Å². The lowest BCUT2D eigenvalue weighted by molar-refractivity contribution is -0.117. The number of hydrogen-bond donors (Lipinski definition) is 2. The van der Waals surface area contributed by atoms with Crippen LogP contribution in [0.2, 0.25) is 0 Å². The Hall–Kier alpha value is -1.55. The van der Waals surface area contributed by atoms with Crippen molar-refractivity contribution < 1.29 is 9.53 Å². The van der Waals surface area contributed by atoms with Crippen LogP contribution >= 0.6 is 0 Å². The summed E-state index contributed by atoms with van der Waals surface area (Å²) in [5.74, 6) is -0.308. The number of carbonyl (C=O) groups excluding carboxylic acids is 1. The Morgan fingerprint density at radius 1 is 1.47 bits per heavy atom. The first-order chi connectivity index (χ1) is 8.09. The molecule has 0 unspecified atom stereocenters. The average molecular weight is 234 g/mol. The summed E-state index contributed by atoms with van der Waals surface area (Å²) >= 11 is 0. The molecule has 0 atom stereocenters. The molecule has 1 heterocycles. The maximum Gasteiger partial charge on any atom is 0.221 e. The Morgan fingerprint density at radius 3 is 2.76 bits per heavy atom. The van der Waals surface area contributed by atoms with E-state index in [0.29, 0.717) is 0 Å². The van der Waals surface area contributed by atoms with Gasteiger partial charge in [0, 0.05) is 17.6 Å². The third kappa shape index (κ3) is 2.97. The molecular weight excluding hydrogens is 216 g/mol. The van der Waals surface area contributed by atoms with Crippen molar-refractivity contribution in [3.63, 3.8) is 0 Å². The number of hydrogen-bond acceptors (Lipinski definition) is 3. The smallest absolute Gasteiger partial charge is 0.221 e.